The zero-order valence-electron chi connectivity index (χ0n) is 24.3. The minimum absolute atomic E-state index is 0.0671. The highest BCUT2D eigenvalue weighted by atomic mass is 19.4. The van der Waals surface area contributed by atoms with E-state index in [1.807, 2.05) is 0 Å². The molecule has 0 fully saturated rings. The molecule has 1 aliphatic heterocycles. The number of nitrogens with zero attached hydrogens (tertiary/aromatic N) is 1. The van der Waals surface area contributed by atoms with Gasteiger partial charge in [-0.2, -0.15) is 13.2 Å². The summed E-state index contributed by atoms with van der Waals surface area (Å²) in [6, 6.07) is 12.2. The molecule has 1 aromatic heterocycles. The van der Waals surface area contributed by atoms with E-state index in [0.29, 0.717) is 16.8 Å². The van der Waals surface area contributed by atoms with E-state index < -0.39 is 53.3 Å². The van der Waals surface area contributed by atoms with Crippen LogP contribution in [-0.4, -0.2) is 41.2 Å². The Balaban J connectivity index is 1.69. The van der Waals surface area contributed by atoms with Gasteiger partial charge in [0, 0.05) is 23.4 Å². The van der Waals surface area contributed by atoms with E-state index in [9.17, 15) is 31.9 Å². The molecule has 0 bridgehead atoms. The van der Waals surface area contributed by atoms with Crippen LogP contribution in [0.25, 0.3) is 11.3 Å². The molecule has 0 radical (unpaired) electrons. The molecule has 3 amide bonds. The van der Waals surface area contributed by atoms with E-state index >= 15 is 0 Å². The van der Waals surface area contributed by atoms with Gasteiger partial charge in [0.2, 0.25) is 5.91 Å². The monoisotopic (exact) mass is 600 g/mol. The molecule has 2 aromatic carbocycles. The molecule has 0 aliphatic carbocycles. The zero-order valence-corrected chi connectivity index (χ0v) is 24.3. The topological polar surface area (TPSA) is 109 Å². The van der Waals surface area contributed by atoms with Crippen molar-refractivity contribution >= 4 is 23.6 Å². The molecule has 4 rings (SSSR count). The predicted octanol–water partition coefficient (Wildman–Crippen LogP) is 6.22. The van der Waals surface area contributed by atoms with Gasteiger partial charge in [-0.25, -0.2) is 9.18 Å². The highest BCUT2D eigenvalue weighted by molar-refractivity contribution is 6.01. The summed E-state index contributed by atoms with van der Waals surface area (Å²) < 4.78 is 62.5. The van der Waals surface area contributed by atoms with Gasteiger partial charge in [-0.1, -0.05) is 0 Å². The van der Waals surface area contributed by atoms with Gasteiger partial charge in [0.15, 0.2) is 0 Å². The van der Waals surface area contributed by atoms with Gasteiger partial charge in [-0.15, -0.1) is 0 Å². The van der Waals surface area contributed by atoms with Crippen molar-refractivity contribution in [3.8, 4) is 11.3 Å². The first-order valence-electron chi connectivity index (χ1n) is 13.5. The van der Waals surface area contributed by atoms with Gasteiger partial charge in [0.1, 0.15) is 17.3 Å². The lowest BCUT2D eigenvalue weighted by Gasteiger charge is -2.30. The number of amides is 3. The maximum Gasteiger partial charge on any atom is 0.408 e. The Morgan fingerprint density at radius 1 is 1.00 bits per heavy atom. The number of alkyl halides is 3. The number of fused-ring (bicyclic) bond motifs is 1. The standard InChI is InChI=1S/C31H32F4N4O4/c1-29(2,3)43-28(42)39-30(4,5)20-14-24(17-6-9-21(32)10-7-17)37-25(15-20)22(31(33,34)35)16-36-27(41)18-8-11-23-19(12-18)13-26(40)38-23/h6-12,14-15,22H,13,16H2,1-5H3,(H,36,41)(H,38,40)(H,39,42). The maximum atomic E-state index is 14.5. The largest absolute Gasteiger partial charge is 0.444 e. The second-order valence-corrected chi connectivity index (χ2v) is 11.8. The minimum Gasteiger partial charge on any atom is -0.444 e. The Morgan fingerprint density at radius 3 is 2.30 bits per heavy atom. The quantitative estimate of drug-likeness (QED) is 0.279. The number of hydrogen-bond donors (Lipinski definition) is 3. The molecule has 1 atom stereocenters. The third-order valence-corrected chi connectivity index (χ3v) is 6.73. The normalized spacial score (nSPS) is 14.0. The van der Waals surface area contributed by atoms with E-state index in [4.69, 9.17) is 4.74 Å². The van der Waals surface area contributed by atoms with E-state index in [1.165, 1.54) is 42.5 Å². The molecule has 3 aromatic rings. The fourth-order valence-corrected chi connectivity index (χ4v) is 4.55. The second kappa shape index (κ2) is 11.7. The molecule has 228 valence electrons. The number of hydrogen-bond acceptors (Lipinski definition) is 5. The smallest absolute Gasteiger partial charge is 0.408 e. The van der Waals surface area contributed by atoms with Gasteiger partial charge in [-0.05, 0) is 100 Å². The molecule has 1 aliphatic rings. The number of aromatic nitrogens is 1. The van der Waals surface area contributed by atoms with Crippen LogP contribution in [0.2, 0.25) is 0 Å². The van der Waals surface area contributed by atoms with Crippen LogP contribution in [0, 0.1) is 5.82 Å². The van der Waals surface area contributed by atoms with E-state index in [-0.39, 0.29) is 29.1 Å². The summed E-state index contributed by atoms with van der Waals surface area (Å²) in [5, 5.41) is 7.67. The lowest BCUT2D eigenvalue weighted by molar-refractivity contribution is -0.149. The molecule has 0 saturated carbocycles. The number of carbonyl (C=O) groups is 3. The number of halogens is 4. The molecule has 8 nitrogen and oxygen atoms in total. The predicted molar refractivity (Wildman–Crippen MR) is 152 cm³/mol. The van der Waals surface area contributed by atoms with Crippen LogP contribution in [0.1, 0.15) is 67.7 Å². The van der Waals surface area contributed by atoms with Crippen molar-refractivity contribution in [2.75, 3.05) is 11.9 Å². The highest BCUT2D eigenvalue weighted by Gasteiger charge is 2.43. The number of anilines is 1. The van der Waals surface area contributed by atoms with Crippen molar-refractivity contribution in [1.29, 1.82) is 0 Å². The average molecular weight is 601 g/mol. The van der Waals surface area contributed by atoms with Crippen molar-refractivity contribution in [3.05, 3.63) is 82.8 Å². The lowest BCUT2D eigenvalue weighted by atomic mass is 9.90. The molecule has 0 spiro atoms. The number of ether oxygens (including phenoxy) is 1. The van der Waals surface area contributed by atoms with E-state index in [2.05, 4.69) is 20.9 Å². The zero-order chi connectivity index (χ0) is 31.7. The number of alkyl carbamates (subject to hydrolysis) is 1. The van der Waals surface area contributed by atoms with Gasteiger partial charge in [-0.3, -0.25) is 14.6 Å². The summed E-state index contributed by atoms with van der Waals surface area (Å²) in [7, 11) is 0. The molecule has 12 heteroatoms. The molecule has 0 saturated heterocycles. The Labute approximate surface area is 246 Å². The first kappa shape index (κ1) is 31.5. The van der Waals surface area contributed by atoms with Gasteiger partial charge in [0.05, 0.1) is 23.3 Å². The van der Waals surface area contributed by atoms with Crippen LogP contribution in [0.5, 0.6) is 0 Å². The molecule has 2 heterocycles. The van der Waals surface area contributed by atoms with E-state index in [0.717, 1.165) is 12.1 Å². The van der Waals surface area contributed by atoms with Crippen LogP contribution >= 0.6 is 0 Å². The number of benzene rings is 2. The molecular formula is C31H32F4N4O4. The summed E-state index contributed by atoms with van der Waals surface area (Å²) >= 11 is 0. The average Bonchev–Trinajstić information content (AvgIpc) is 3.26. The van der Waals surface area contributed by atoms with Crippen molar-refractivity contribution in [2.45, 2.75) is 64.3 Å². The Kier molecular flexibility index (Phi) is 8.53. The molecule has 3 N–H and O–H groups in total. The van der Waals surface area contributed by atoms with Crippen LogP contribution in [0.15, 0.2) is 54.6 Å². The molecule has 1 unspecified atom stereocenters. The first-order chi connectivity index (χ1) is 19.9. The van der Waals surface area contributed by atoms with Crippen LogP contribution < -0.4 is 16.0 Å². The SMILES string of the molecule is CC(C)(C)OC(=O)NC(C)(C)c1cc(-c2ccc(F)cc2)nc(C(CNC(=O)c2ccc3c(c2)CC(=O)N3)C(F)(F)F)c1. The van der Waals surface area contributed by atoms with Gasteiger partial charge < -0.3 is 20.7 Å². The summed E-state index contributed by atoms with van der Waals surface area (Å²) in [4.78, 5) is 41.4. The van der Waals surface area contributed by atoms with Crippen molar-refractivity contribution in [3.63, 3.8) is 0 Å². The van der Waals surface area contributed by atoms with Gasteiger partial charge >= 0.3 is 12.3 Å². The van der Waals surface area contributed by atoms with E-state index in [1.54, 1.807) is 34.6 Å². The first-order valence-corrected chi connectivity index (χ1v) is 13.5. The van der Waals surface area contributed by atoms with Gasteiger partial charge in [0.25, 0.3) is 5.91 Å². The molecule has 43 heavy (non-hydrogen) atoms. The maximum absolute atomic E-state index is 14.5. The van der Waals surface area contributed by atoms with Crippen LogP contribution in [0.3, 0.4) is 0 Å². The number of rotatable bonds is 7. The van der Waals surface area contributed by atoms with Crippen LogP contribution in [0.4, 0.5) is 28.0 Å². The number of carbonyl (C=O) groups excluding carboxylic acids is 3. The molecular weight excluding hydrogens is 568 g/mol. The third kappa shape index (κ3) is 7.88. The number of nitrogens with one attached hydrogen (secondary N) is 3. The second-order valence-electron chi connectivity index (χ2n) is 11.8. The fraction of sp³-hybridized carbons (Fsp3) is 0.355. The summed E-state index contributed by atoms with van der Waals surface area (Å²) in [6.45, 7) is 7.40. The Hall–Kier alpha value is -4.48. The minimum atomic E-state index is -4.82. The Morgan fingerprint density at radius 2 is 1.67 bits per heavy atom. The third-order valence-electron chi connectivity index (χ3n) is 6.73. The lowest BCUT2D eigenvalue weighted by Crippen LogP contribution is -2.44. The van der Waals surface area contributed by atoms with Crippen molar-refractivity contribution in [1.82, 2.24) is 15.6 Å². The Bertz CT molecular complexity index is 1550. The highest BCUT2D eigenvalue weighted by Crippen LogP contribution is 2.37. The van der Waals surface area contributed by atoms with Crippen molar-refractivity contribution in [2.24, 2.45) is 0 Å². The summed E-state index contributed by atoms with van der Waals surface area (Å²) in [5.41, 5.74) is -0.474. The summed E-state index contributed by atoms with van der Waals surface area (Å²) in [5.74, 6) is -3.75. The fourth-order valence-electron chi connectivity index (χ4n) is 4.55. The van der Waals surface area contributed by atoms with Crippen molar-refractivity contribution < 1.29 is 36.7 Å². The number of pyridine rings is 1. The summed E-state index contributed by atoms with van der Waals surface area (Å²) in [6.07, 6.45) is -5.53. The van der Waals surface area contributed by atoms with Crippen LogP contribution in [-0.2, 0) is 21.5 Å².